The normalized spacial score (nSPS) is 12.7. The van der Waals surface area contributed by atoms with Gasteiger partial charge in [0, 0.05) is 6.61 Å². The highest BCUT2D eigenvalue weighted by molar-refractivity contribution is 7.99. The van der Waals surface area contributed by atoms with Crippen LogP contribution < -0.4 is 9.47 Å². The first-order chi connectivity index (χ1) is 11.4. The Morgan fingerprint density at radius 3 is 2.65 bits per heavy atom. The predicted octanol–water partition coefficient (Wildman–Crippen LogP) is 5.42. The molecule has 0 aromatic heterocycles. The van der Waals surface area contributed by atoms with Gasteiger partial charge in [-0.2, -0.15) is 11.8 Å². The molecule has 2 rings (SSSR count). The SMILES string of the molecule is CCCCSCCCCCCCOCc1ccc2c(c1)OCO2. The highest BCUT2D eigenvalue weighted by Gasteiger charge is 2.12. The second-order valence-electron chi connectivity index (χ2n) is 5.97. The number of thioether (sulfide) groups is 1. The van der Waals surface area contributed by atoms with Gasteiger partial charge < -0.3 is 14.2 Å². The molecule has 0 saturated heterocycles. The molecule has 0 spiro atoms. The van der Waals surface area contributed by atoms with Crippen molar-refractivity contribution in [3.8, 4) is 11.5 Å². The fourth-order valence-electron chi connectivity index (χ4n) is 2.51. The van der Waals surface area contributed by atoms with Crippen molar-refractivity contribution in [1.82, 2.24) is 0 Å². The largest absolute Gasteiger partial charge is 0.454 e. The van der Waals surface area contributed by atoms with Crippen LogP contribution >= 0.6 is 11.8 Å². The van der Waals surface area contributed by atoms with Gasteiger partial charge in [0.2, 0.25) is 6.79 Å². The molecule has 0 amide bonds. The fourth-order valence-corrected chi connectivity index (χ4v) is 3.61. The van der Waals surface area contributed by atoms with E-state index < -0.39 is 0 Å². The van der Waals surface area contributed by atoms with Crippen LogP contribution in [-0.2, 0) is 11.3 Å². The quantitative estimate of drug-likeness (QED) is 0.449. The lowest BCUT2D eigenvalue weighted by Crippen LogP contribution is -1.96. The van der Waals surface area contributed by atoms with Gasteiger partial charge in [0.15, 0.2) is 11.5 Å². The van der Waals surface area contributed by atoms with E-state index in [4.69, 9.17) is 14.2 Å². The molecule has 0 saturated carbocycles. The molecule has 0 atom stereocenters. The second kappa shape index (κ2) is 11.6. The summed E-state index contributed by atoms with van der Waals surface area (Å²) in [6, 6.07) is 6.02. The van der Waals surface area contributed by atoms with Gasteiger partial charge in [-0.05, 0) is 48.5 Å². The van der Waals surface area contributed by atoms with Crippen LogP contribution in [0.3, 0.4) is 0 Å². The van der Waals surface area contributed by atoms with Crippen molar-refractivity contribution < 1.29 is 14.2 Å². The summed E-state index contributed by atoms with van der Waals surface area (Å²) < 4.78 is 16.4. The molecule has 23 heavy (non-hydrogen) atoms. The third kappa shape index (κ3) is 7.49. The molecule has 0 fully saturated rings. The number of ether oxygens (including phenoxy) is 3. The van der Waals surface area contributed by atoms with E-state index in [0.29, 0.717) is 13.4 Å². The minimum Gasteiger partial charge on any atom is -0.454 e. The molecule has 0 N–H and O–H groups in total. The Hall–Kier alpha value is -0.870. The van der Waals surface area contributed by atoms with Crippen LogP contribution in [0.1, 0.15) is 57.4 Å². The summed E-state index contributed by atoms with van der Waals surface area (Å²) >= 11 is 2.11. The highest BCUT2D eigenvalue weighted by Crippen LogP contribution is 2.32. The Labute approximate surface area is 145 Å². The number of hydrogen-bond acceptors (Lipinski definition) is 4. The summed E-state index contributed by atoms with van der Waals surface area (Å²) in [5, 5.41) is 0. The Morgan fingerprint density at radius 2 is 1.74 bits per heavy atom. The van der Waals surface area contributed by atoms with Crippen molar-refractivity contribution in [2.75, 3.05) is 24.9 Å². The smallest absolute Gasteiger partial charge is 0.231 e. The molecule has 0 radical (unpaired) electrons. The van der Waals surface area contributed by atoms with Crippen molar-refractivity contribution in [3.05, 3.63) is 23.8 Å². The van der Waals surface area contributed by atoms with E-state index in [0.717, 1.165) is 30.1 Å². The molecule has 1 heterocycles. The molecule has 1 aromatic rings. The molecule has 0 bridgehead atoms. The van der Waals surface area contributed by atoms with Gasteiger partial charge in [-0.25, -0.2) is 0 Å². The predicted molar refractivity (Wildman–Crippen MR) is 97.5 cm³/mol. The zero-order chi connectivity index (χ0) is 16.2. The van der Waals surface area contributed by atoms with Crippen LogP contribution in [-0.4, -0.2) is 24.9 Å². The number of benzene rings is 1. The lowest BCUT2D eigenvalue weighted by molar-refractivity contribution is 0.116. The number of rotatable bonds is 13. The van der Waals surface area contributed by atoms with Crippen LogP contribution in [0.5, 0.6) is 11.5 Å². The van der Waals surface area contributed by atoms with Gasteiger partial charge in [-0.15, -0.1) is 0 Å². The molecule has 1 aliphatic rings. The first kappa shape index (κ1) is 18.5. The molecule has 1 aromatic carbocycles. The minimum absolute atomic E-state index is 0.330. The fraction of sp³-hybridized carbons (Fsp3) is 0.684. The third-order valence-corrected chi connectivity index (χ3v) is 5.08. The Morgan fingerprint density at radius 1 is 0.957 bits per heavy atom. The van der Waals surface area contributed by atoms with Crippen LogP contribution in [0.4, 0.5) is 0 Å². The van der Waals surface area contributed by atoms with Gasteiger partial charge in [-0.3, -0.25) is 0 Å². The van der Waals surface area contributed by atoms with Crippen LogP contribution in [0.25, 0.3) is 0 Å². The van der Waals surface area contributed by atoms with Gasteiger partial charge in [0.25, 0.3) is 0 Å². The van der Waals surface area contributed by atoms with Crippen LogP contribution in [0.15, 0.2) is 18.2 Å². The van der Waals surface area contributed by atoms with Crippen molar-refractivity contribution in [2.24, 2.45) is 0 Å². The maximum atomic E-state index is 5.75. The molecule has 1 aliphatic heterocycles. The number of unbranched alkanes of at least 4 members (excludes halogenated alkanes) is 5. The molecule has 0 aliphatic carbocycles. The summed E-state index contributed by atoms with van der Waals surface area (Å²) in [4.78, 5) is 0. The maximum absolute atomic E-state index is 5.75. The Balaban J connectivity index is 1.40. The zero-order valence-corrected chi connectivity index (χ0v) is 15.2. The Bertz CT molecular complexity index is 437. The monoisotopic (exact) mass is 338 g/mol. The molecular weight excluding hydrogens is 308 g/mol. The number of hydrogen-bond donors (Lipinski definition) is 0. The maximum Gasteiger partial charge on any atom is 0.231 e. The Kier molecular flexibility index (Phi) is 9.34. The van der Waals surface area contributed by atoms with Crippen molar-refractivity contribution in [2.45, 2.75) is 58.5 Å². The lowest BCUT2D eigenvalue weighted by atomic mass is 10.2. The zero-order valence-electron chi connectivity index (χ0n) is 14.4. The van der Waals surface area contributed by atoms with E-state index >= 15 is 0 Å². The first-order valence-electron chi connectivity index (χ1n) is 8.94. The standard InChI is InChI=1S/C19H30O3S/c1-2-3-12-23-13-8-6-4-5-7-11-20-15-17-9-10-18-19(14-17)22-16-21-18/h9-10,14H,2-8,11-13,15-16H2,1H3. The average Bonchev–Trinajstić information content (AvgIpc) is 3.03. The molecule has 3 nitrogen and oxygen atoms in total. The van der Waals surface area contributed by atoms with E-state index in [1.54, 1.807) is 0 Å². The summed E-state index contributed by atoms with van der Waals surface area (Å²) in [5.41, 5.74) is 1.15. The van der Waals surface area contributed by atoms with E-state index in [2.05, 4.69) is 18.7 Å². The summed E-state index contributed by atoms with van der Waals surface area (Å²) in [5.74, 6) is 4.34. The van der Waals surface area contributed by atoms with E-state index in [9.17, 15) is 0 Å². The lowest BCUT2D eigenvalue weighted by Gasteiger charge is -2.06. The van der Waals surface area contributed by atoms with Gasteiger partial charge in [-0.1, -0.05) is 38.7 Å². The minimum atomic E-state index is 0.330. The second-order valence-corrected chi connectivity index (χ2v) is 7.20. The van der Waals surface area contributed by atoms with Crippen LogP contribution in [0, 0.1) is 0 Å². The third-order valence-electron chi connectivity index (χ3n) is 3.93. The van der Waals surface area contributed by atoms with Gasteiger partial charge in [0.1, 0.15) is 0 Å². The highest BCUT2D eigenvalue weighted by atomic mass is 32.2. The van der Waals surface area contributed by atoms with Crippen LogP contribution in [0.2, 0.25) is 0 Å². The molecule has 130 valence electrons. The van der Waals surface area contributed by atoms with Crippen molar-refractivity contribution in [3.63, 3.8) is 0 Å². The molecular formula is C19H30O3S. The number of fused-ring (bicyclic) bond motifs is 1. The average molecular weight is 339 g/mol. The molecule has 4 heteroatoms. The van der Waals surface area contributed by atoms with Gasteiger partial charge in [0.05, 0.1) is 6.61 Å². The van der Waals surface area contributed by atoms with E-state index in [-0.39, 0.29) is 0 Å². The first-order valence-corrected chi connectivity index (χ1v) is 10.1. The summed E-state index contributed by atoms with van der Waals surface area (Å²) in [6.45, 7) is 4.09. The summed E-state index contributed by atoms with van der Waals surface area (Å²) in [6.07, 6.45) is 9.19. The van der Waals surface area contributed by atoms with E-state index in [1.807, 2.05) is 18.2 Å². The van der Waals surface area contributed by atoms with Crippen molar-refractivity contribution >= 4 is 11.8 Å². The summed E-state index contributed by atoms with van der Waals surface area (Å²) in [7, 11) is 0. The van der Waals surface area contributed by atoms with Gasteiger partial charge >= 0.3 is 0 Å². The van der Waals surface area contributed by atoms with Crippen molar-refractivity contribution in [1.29, 1.82) is 0 Å². The molecule has 0 unspecified atom stereocenters. The van der Waals surface area contributed by atoms with E-state index in [1.165, 1.54) is 50.0 Å². The topological polar surface area (TPSA) is 27.7 Å².